The predicted molar refractivity (Wildman–Crippen MR) is 50.8 cm³/mol. The van der Waals surface area contributed by atoms with E-state index in [0.717, 1.165) is 18.2 Å². The molecule has 0 saturated carbocycles. The third kappa shape index (κ3) is 4.98. The van der Waals surface area contributed by atoms with E-state index in [1.165, 1.54) is 0 Å². The van der Waals surface area contributed by atoms with Crippen LogP contribution in [0.4, 0.5) is 0 Å². The maximum atomic E-state index is 5.05. The van der Waals surface area contributed by atoms with Gasteiger partial charge in [-0.25, -0.2) is 0 Å². The molecule has 0 atom stereocenters. The van der Waals surface area contributed by atoms with Gasteiger partial charge in [-0.1, -0.05) is 0 Å². The molecule has 0 amide bonds. The van der Waals surface area contributed by atoms with E-state index in [9.17, 15) is 0 Å². The summed E-state index contributed by atoms with van der Waals surface area (Å²) < 4.78 is 4.91. The second-order valence-electron chi connectivity index (χ2n) is 2.25. The van der Waals surface area contributed by atoms with E-state index < -0.39 is 0 Å². The van der Waals surface area contributed by atoms with Crippen LogP contribution in [0.2, 0.25) is 0 Å². The molecule has 0 aliphatic rings. The Balaban J connectivity index is 3.46. The van der Waals surface area contributed by atoms with Gasteiger partial charge in [-0.2, -0.15) is 0 Å². The molecule has 0 heterocycles. The Bertz CT molecular complexity index is 119. The third-order valence-corrected chi connectivity index (χ3v) is 1.76. The fraction of sp³-hybridized carbons (Fsp3) is 0.857. The number of rotatable bonds is 4. The molecular formula is C7H16N2OS. The summed E-state index contributed by atoms with van der Waals surface area (Å²) in [5.74, 6) is 0. The lowest BCUT2D eigenvalue weighted by atomic mass is 10.6. The molecule has 0 radical (unpaired) electrons. The van der Waals surface area contributed by atoms with Gasteiger partial charge in [-0.3, -0.25) is 0 Å². The molecule has 11 heavy (non-hydrogen) atoms. The van der Waals surface area contributed by atoms with Gasteiger partial charge in [0, 0.05) is 27.2 Å². The van der Waals surface area contributed by atoms with Crippen LogP contribution < -0.4 is 5.32 Å². The van der Waals surface area contributed by atoms with Crippen molar-refractivity contribution in [2.24, 2.45) is 0 Å². The molecule has 0 unspecified atom stereocenters. The molecule has 1 N–H and O–H groups in total. The van der Waals surface area contributed by atoms with Crippen molar-refractivity contribution in [2.75, 3.05) is 33.9 Å². The zero-order valence-corrected chi connectivity index (χ0v) is 8.20. The van der Waals surface area contributed by atoms with Crippen LogP contribution in [-0.4, -0.2) is 43.9 Å². The van der Waals surface area contributed by atoms with Crippen molar-refractivity contribution in [1.82, 2.24) is 10.2 Å². The number of nitrogens with zero attached hydrogens (tertiary/aromatic N) is 1. The summed E-state index contributed by atoms with van der Waals surface area (Å²) in [7, 11) is 3.63. The monoisotopic (exact) mass is 176 g/mol. The Morgan fingerprint density at radius 1 is 1.64 bits per heavy atom. The summed E-state index contributed by atoms with van der Waals surface area (Å²) in [5.41, 5.74) is 0. The van der Waals surface area contributed by atoms with Crippen LogP contribution >= 0.6 is 12.2 Å². The number of hydrogen-bond donors (Lipinski definition) is 1. The van der Waals surface area contributed by atoms with Gasteiger partial charge in [-0.15, -0.1) is 0 Å². The third-order valence-electron chi connectivity index (χ3n) is 1.31. The molecular weight excluding hydrogens is 160 g/mol. The number of methoxy groups -OCH3 is 1. The van der Waals surface area contributed by atoms with E-state index in [1.807, 2.05) is 18.9 Å². The Kier molecular flexibility index (Phi) is 6.16. The number of nitrogens with one attached hydrogen (secondary N) is 1. The van der Waals surface area contributed by atoms with Gasteiger partial charge >= 0.3 is 0 Å². The van der Waals surface area contributed by atoms with E-state index in [1.54, 1.807) is 7.11 Å². The lowest BCUT2D eigenvalue weighted by Gasteiger charge is -2.19. The van der Waals surface area contributed by atoms with Crippen molar-refractivity contribution in [3.05, 3.63) is 0 Å². The first-order chi connectivity index (χ1) is 5.22. The van der Waals surface area contributed by atoms with Crippen LogP contribution in [0.1, 0.15) is 6.92 Å². The van der Waals surface area contributed by atoms with Crippen LogP contribution in [0.15, 0.2) is 0 Å². The van der Waals surface area contributed by atoms with E-state index in [2.05, 4.69) is 5.32 Å². The highest BCUT2D eigenvalue weighted by Gasteiger charge is 2.00. The molecule has 0 rings (SSSR count). The topological polar surface area (TPSA) is 24.5 Å². The summed E-state index contributed by atoms with van der Waals surface area (Å²) >= 11 is 5.05. The highest BCUT2D eigenvalue weighted by Crippen LogP contribution is 1.84. The Morgan fingerprint density at radius 2 is 2.27 bits per heavy atom. The van der Waals surface area contributed by atoms with Crippen LogP contribution in [0.5, 0.6) is 0 Å². The lowest BCUT2D eigenvalue weighted by molar-refractivity contribution is 0.182. The summed E-state index contributed by atoms with van der Waals surface area (Å²) in [5, 5.41) is 3.84. The van der Waals surface area contributed by atoms with Crippen LogP contribution in [0, 0.1) is 0 Å². The van der Waals surface area contributed by atoms with Crippen LogP contribution in [0.25, 0.3) is 0 Å². The van der Waals surface area contributed by atoms with E-state index >= 15 is 0 Å². The molecule has 0 saturated heterocycles. The molecule has 0 aromatic heterocycles. The number of hydrogen-bond acceptors (Lipinski definition) is 2. The zero-order chi connectivity index (χ0) is 8.69. The normalized spacial score (nSPS) is 9.36. The van der Waals surface area contributed by atoms with E-state index in [-0.39, 0.29) is 0 Å². The van der Waals surface area contributed by atoms with Crippen LogP contribution in [0.3, 0.4) is 0 Å². The zero-order valence-electron chi connectivity index (χ0n) is 7.39. The van der Waals surface area contributed by atoms with Gasteiger partial charge in [0.25, 0.3) is 0 Å². The summed E-state index contributed by atoms with van der Waals surface area (Å²) in [6.07, 6.45) is 0. The molecule has 0 bridgehead atoms. The Labute approximate surface area is 73.7 Å². The maximum Gasteiger partial charge on any atom is 0.168 e. The quantitative estimate of drug-likeness (QED) is 0.629. The van der Waals surface area contributed by atoms with Gasteiger partial charge in [-0.05, 0) is 19.1 Å². The highest BCUT2D eigenvalue weighted by molar-refractivity contribution is 7.80. The fourth-order valence-electron chi connectivity index (χ4n) is 0.616. The first kappa shape index (κ1) is 10.7. The second-order valence-corrected chi connectivity index (χ2v) is 2.64. The number of likely N-dealkylation sites (N-methyl/N-ethyl adjacent to an activating group) is 1. The van der Waals surface area contributed by atoms with Crippen molar-refractivity contribution in [3.8, 4) is 0 Å². The van der Waals surface area contributed by atoms with Crippen molar-refractivity contribution in [3.63, 3.8) is 0 Å². The van der Waals surface area contributed by atoms with Crippen molar-refractivity contribution in [1.29, 1.82) is 0 Å². The Morgan fingerprint density at radius 3 is 2.73 bits per heavy atom. The molecule has 0 fully saturated rings. The second kappa shape index (κ2) is 6.37. The van der Waals surface area contributed by atoms with E-state index in [0.29, 0.717) is 6.61 Å². The largest absolute Gasteiger partial charge is 0.383 e. The molecule has 0 aromatic rings. The summed E-state index contributed by atoms with van der Waals surface area (Å²) in [4.78, 5) is 1.96. The first-order valence-electron chi connectivity index (χ1n) is 3.70. The smallest absolute Gasteiger partial charge is 0.168 e. The first-order valence-corrected chi connectivity index (χ1v) is 4.11. The summed E-state index contributed by atoms with van der Waals surface area (Å²) in [6.45, 7) is 4.44. The standard InChI is InChI=1S/C7H16N2OS/c1-4-8-7(11)9(2)5-6-10-3/h4-6H2,1-3H3,(H,8,11). The average Bonchev–Trinajstić information content (AvgIpc) is 2.00. The van der Waals surface area contributed by atoms with Crippen LogP contribution in [-0.2, 0) is 4.74 Å². The highest BCUT2D eigenvalue weighted by atomic mass is 32.1. The maximum absolute atomic E-state index is 5.05. The molecule has 0 spiro atoms. The molecule has 0 aliphatic carbocycles. The minimum Gasteiger partial charge on any atom is -0.383 e. The van der Waals surface area contributed by atoms with Gasteiger partial charge in [0.2, 0.25) is 0 Å². The average molecular weight is 176 g/mol. The minimum atomic E-state index is 0.710. The molecule has 3 nitrogen and oxygen atoms in total. The minimum absolute atomic E-state index is 0.710. The molecule has 0 aromatic carbocycles. The van der Waals surface area contributed by atoms with Gasteiger partial charge < -0.3 is 15.0 Å². The Hall–Kier alpha value is -0.350. The molecule has 66 valence electrons. The van der Waals surface area contributed by atoms with Gasteiger partial charge in [0.05, 0.1) is 6.61 Å². The van der Waals surface area contributed by atoms with E-state index in [4.69, 9.17) is 17.0 Å². The number of thiocarbonyl (C=S) groups is 1. The molecule has 0 aliphatic heterocycles. The predicted octanol–water partition coefficient (Wildman–Crippen LogP) is 0.459. The fourth-order valence-corrected chi connectivity index (χ4v) is 0.852. The lowest BCUT2D eigenvalue weighted by Crippen LogP contribution is -2.38. The number of ether oxygens (including phenoxy) is 1. The van der Waals surface area contributed by atoms with Crippen molar-refractivity contribution >= 4 is 17.3 Å². The molecule has 4 heteroatoms. The van der Waals surface area contributed by atoms with Gasteiger partial charge in [0.1, 0.15) is 0 Å². The van der Waals surface area contributed by atoms with Crippen molar-refractivity contribution in [2.45, 2.75) is 6.92 Å². The SMILES string of the molecule is CCNC(=S)N(C)CCOC. The van der Waals surface area contributed by atoms with Gasteiger partial charge in [0.15, 0.2) is 5.11 Å². The van der Waals surface area contributed by atoms with Crippen molar-refractivity contribution < 1.29 is 4.74 Å². The summed E-state index contributed by atoms with van der Waals surface area (Å²) in [6, 6.07) is 0.